The van der Waals surface area contributed by atoms with Gasteiger partial charge in [-0.1, -0.05) is 0 Å². The van der Waals surface area contributed by atoms with Crippen molar-refractivity contribution in [1.29, 1.82) is 5.26 Å². The van der Waals surface area contributed by atoms with Crippen LogP contribution in [-0.2, 0) is 9.30 Å². The number of aliphatic hydroxyl groups is 1. The number of phosphoric acid groups is 1. The maximum Gasteiger partial charge on any atom is 0.466 e. The summed E-state index contributed by atoms with van der Waals surface area (Å²) in [5, 5.41) is 14.3. The van der Waals surface area contributed by atoms with Crippen LogP contribution in [0.15, 0.2) is 0 Å². The van der Waals surface area contributed by atoms with Crippen molar-refractivity contribution in [1.82, 2.24) is 0 Å². The van der Waals surface area contributed by atoms with Gasteiger partial charge in [-0.3, -0.25) is 0 Å². The summed E-state index contributed by atoms with van der Waals surface area (Å²) >= 11 is 0. The summed E-state index contributed by atoms with van der Waals surface area (Å²) in [7, 11) is -3.64. The zero-order valence-electron chi connectivity index (χ0n) is 8.83. The average Bonchev–Trinajstić information content (AvgIpc) is 2.61. The molecule has 92 valence electrons. The number of hydrogen-bond acceptors (Lipinski definition) is 4. The van der Waals surface area contributed by atoms with Gasteiger partial charge in [0.25, 0.3) is 0 Å². The van der Waals surface area contributed by atoms with Crippen molar-refractivity contribution >= 4 is 7.82 Å². The molecule has 1 aliphatic heterocycles. The molecular formula is C7H18NO6P. The highest BCUT2D eigenvalue weighted by molar-refractivity contribution is 7.45. The van der Waals surface area contributed by atoms with Gasteiger partial charge in [0.1, 0.15) is 0 Å². The van der Waals surface area contributed by atoms with Gasteiger partial charge in [0, 0.05) is 27.2 Å². The van der Waals surface area contributed by atoms with Crippen LogP contribution in [-0.4, -0.2) is 40.1 Å². The van der Waals surface area contributed by atoms with Crippen molar-refractivity contribution in [2.75, 3.05) is 20.3 Å². The van der Waals surface area contributed by atoms with Gasteiger partial charge < -0.3 is 24.5 Å². The summed E-state index contributed by atoms with van der Waals surface area (Å²) in [6.45, 7) is 3.43. The van der Waals surface area contributed by atoms with Crippen molar-refractivity contribution in [3.05, 3.63) is 0 Å². The molecule has 15 heavy (non-hydrogen) atoms. The van der Waals surface area contributed by atoms with Gasteiger partial charge in [-0.2, -0.15) is 5.26 Å². The fourth-order valence-corrected chi connectivity index (χ4v) is 0.510. The molecule has 1 aliphatic rings. The fourth-order valence-electron chi connectivity index (χ4n) is 0.510. The Bertz CT molecular complexity index is 167. The van der Waals surface area contributed by atoms with Gasteiger partial charge in [0.2, 0.25) is 0 Å². The summed E-state index contributed by atoms with van der Waals surface area (Å²) in [5.74, 6) is 0. The third-order valence-electron chi connectivity index (χ3n) is 0.827. The molecule has 8 heteroatoms. The summed E-state index contributed by atoms with van der Waals surface area (Å²) in [6, 6.07) is 1.75. The lowest BCUT2D eigenvalue weighted by Crippen LogP contribution is -1.74. The van der Waals surface area contributed by atoms with E-state index in [4.69, 9.17) is 34.4 Å². The Morgan fingerprint density at radius 3 is 1.47 bits per heavy atom. The molecule has 0 spiro atoms. The average molecular weight is 243 g/mol. The lowest BCUT2D eigenvalue weighted by Gasteiger charge is -1.82. The van der Waals surface area contributed by atoms with Crippen molar-refractivity contribution in [3.63, 3.8) is 0 Å². The van der Waals surface area contributed by atoms with E-state index in [1.807, 2.05) is 0 Å². The second-order valence-corrected chi connectivity index (χ2v) is 3.08. The second-order valence-electron chi connectivity index (χ2n) is 2.06. The topological polar surface area (TPSA) is 131 Å². The monoisotopic (exact) mass is 243 g/mol. The largest absolute Gasteiger partial charge is 0.466 e. The summed E-state index contributed by atoms with van der Waals surface area (Å²) in [4.78, 5) is 21.6. The number of ether oxygens (including phenoxy) is 1. The van der Waals surface area contributed by atoms with E-state index in [2.05, 4.69) is 0 Å². The summed E-state index contributed by atoms with van der Waals surface area (Å²) < 4.78 is 13.8. The van der Waals surface area contributed by atoms with Crippen molar-refractivity contribution in [2.24, 2.45) is 0 Å². The molecule has 1 heterocycles. The highest BCUT2D eigenvalue weighted by Gasteiger charge is 2.00. The quantitative estimate of drug-likeness (QED) is 0.440. The molecule has 0 aromatic carbocycles. The van der Waals surface area contributed by atoms with Crippen molar-refractivity contribution < 1.29 is 29.1 Å². The van der Waals surface area contributed by atoms with Gasteiger partial charge in [-0.15, -0.1) is 0 Å². The maximum atomic E-state index is 8.88. The Balaban J connectivity index is -0.000000137. The van der Waals surface area contributed by atoms with Crippen LogP contribution in [0.25, 0.3) is 0 Å². The first kappa shape index (κ1) is 20.0. The van der Waals surface area contributed by atoms with Gasteiger partial charge in [0.05, 0.1) is 6.07 Å². The fraction of sp³-hybridized carbons (Fsp3) is 0.857. The van der Waals surface area contributed by atoms with Crippen LogP contribution >= 0.6 is 7.82 Å². The van der Waals surface area contributed by atoms with Crippen LogP contribution < -0.4 is 0 Å². The van der Waals surface area contributed by atoms with Gasteiger partial charge in [-0.05, 0) is 12.8 Å². The zero-order valence-corrected chi connectivity index (χ0v) is 9.72. The molecule has 0 atom stereocenters. The SMILES string of the molecule is C1CCOC1.CC#N.CO.O=P(O)(O)O. The highest BCUT2D eigenvalue weighted by atomic mass is 31.2. The number of aliphatic hydroxyl groups excluding tert-OH is 1. The number of nitriles is 1. The van der Waals surface area contributed by atoms with E-state index in [1.165, 1.54) is 19.8 Å². The first-order chi connectivity index (χ1) is 6.91. The van der Waals surface area contributed by atoms with Crippen LogP contribution in [0.5, 0.6) is 0 Å². The third-order valence-corrected chi connectivity index (χ3v) is 0.827. The minimum Gasteiger partial charge on any atom is -0.400 e. The first-order valence-electron chi connectivity index (χ1n) is 4.03. The Morgan fingerprint density at radius 2 is 1.40 bits per heavy atom. The highest BCUT2D eigenvalue weighted by Crippen LogP contribution is 2.25. The Hall–Kier alpha value is -0.480. The zero-order chi connectivity index (χ0) is 12.7. The molecule has 4 N–H and O–H groups in total. The molecule has 0 aliphatic carbocycles. The molecule has 0 bridgehead atoms. The standard InChI is InChI=1S/C4H8O.C2H3N.CH4O.H3O4P/c1-2-4-5-3-1;1-2-3;1-2;1-5(2,3)4/h1-4H2;1H3;2H,1H3;(H3,1,2,3,4). The van der Waals surface area contributed by atoms with E-state index < -0.39 is 7.82 Å². The molecule has 0 aromatic heterocycles. The predicted octanol–water partition coefficient (Wildman–Crippen LogP) is 0.00658. The van der Waals surface area contributed by atoms with Gasteiger partial charge in [0.15, 0.2) is 0 Å². The second kappa shape index (κ2) is 16.0. The van der Waals surface area contributed by atoms with Gasteiger partial charge in [-0.25, -0.2) is 4.57 Å². The Morgan fingerprint density at radius 1 is 1.20 bits per heavy atom. The molecule has 7 nitrogen and oxygen atoms in total. The third kappa shape index (κ3) is 87.8. The minimum atomic E-state index is -4.64. The smallest absolute Gasteiger partial charge is 0.400 e. The molecule has 0 saturated carbocycles. The number of rotatable bonds is 0. The van der Waals surface area contributed by atoms with E-state index in [-0.39, 0.29) is 0 Å². The van der Waals surface area contributed by atoms with Crippen LogP contribution in [0.2, 0.25) is 0 Å². The number of hydrogen-bond donors (Lipinski definition) is 4. The lowest BCUT2D eigenvalue weighted by molar-refractivity contribution is 0.198. The normalized spacial score (nSPS) is 12.9. The molecule has 0 aromatic rings. The predicted molar refractivity (Wildman–Crippen MR) is 53.7 cm³/mol. The molecule has 1 saturated heterocycles. The van der Waals surface area contributed by atoms with Crippen LogP contribution in [0.1, 0.15) is 19.8 Å². The summed E-state index contributed by atoms with van der Waals surface area (Å²) in [5.41, 5.74) is 0. The van der Waals surface area contributed by atoms with Crippen LogP contribution in [0.3, 0.4) is 0 Å². The first-order valence-corrected chi connectivity index (χ1v) is 5.60. The Kier molecular flexibility index (Phi) is 21.3. The molecular weight excluding hydrogens is 225 g/mol. The van der Waals surface area contributed by atoms with E-state index in [0.717, 1.165) is 20.3 Å². The summed E-state index contributed by atoms with van der Waals surface area (Å²) in [6.07, 6.45) is 2.56. The van der Waals surface area contributed by atoms with E-state index in [1.54, 1.807) is 6.07 Å². The maximum absolute atomic E-state index is 8.88. The van der Waals surface area contributed by atoms with E-state index in [9.17, 15) is 0 Å². The van der Waals surface area contributed by atoms with E-state index >= 15 is 0 Å². The molecule has 0 amide bonds. The van der Waals surface area contributed by atoms with Gasteiger partial charge >= 0.3 is 7.82 Å². The molecule has 1 rings (SSSR count). The van der Waals surface area contributed by atoms with E-state index in [0.29, 0.717) is 0 Å². The van der Waals surface area contributed by atoms with Crippen LogP contribution in [0, 0.1) is 11.3 Å². The van der Waals surface area contributed by atoms with Crippen molar-refractivity contribution in [3.8, 4) is 6.07 Å². The molecule has 0 unspecified atom stereocenters. The van der Waals surface area contributed by atoms with Crippen molar-refractivity contribution in [2.45, 2.75) is 19.8 Å². The number of nitrogens with zero attached hydrogens (tertiary/aromatic N) is 1. The molecule has 0 radical (unpaired) electrons. The molecule has 1 fully saturated rings. The minimum absolute atomic E-state index is 1.00. The lowest BCUT2D eigenvalue weighted by atomic mass is 10.4. The Labute approximate surface area is 89.2 Å². The van der Waals surface area contributed by atoms with Crippen LogP contribution in [0.4, 0.5) is 0 Å².